The van der Waals surface area contributed by atoms with Gasteiger partial charge in [-0.2, -0.15) is 0 Å². The molecule has 1 saturated heterocycles. The highest BCUT2D eigenvalue weighted by Crippen LogP contribution is 2.46. The maximum Gasteiger partial charge on any atom is 0.408 e. The van der Waals surface area contributed by atoms with Gasteiger partial charge in [0.15, 0.2) is 0 Å². The van der Waals surface area contributed by atoms with Crippen LogP contribution >= 0.6 is 0 Å². The van der Waals surface area contributed by atoms with Crippen molar-refractivity contribution in [1.82, 2.24) is 20.3 Å². The quantitative estimate of drug-likeness (QED) is 0.218. The fraction of sp³-hybridized carbons (Fsp3) is 0.488. The largest absolute Gasteiger partial charge is 0.456 e. The van der Waals surface area contributed by atoms with E-state index >= 15 is 0 Å². The molecule has 1 aromatic heterocycles. The number of hydrogen-bond acceptors (Lipinski definition) is 10. The summed E-state index contributed by atoms with van der Waals surface area (Å²) in [6, 6.07) is 16.7. The van der Waals surface area contributed by atoms with Crippen molar-refractivity contribution >= 4 is 44.8 Å². The fourth-order valence-corrected chi connectivity index (χ4v) is 9.09. The Balaban J connectivity index is 1.10. The predicted octanol–water partition coefficient (Wildman–Crippen LogP) is 4.55. The van der Waals surface area contributed by atoms with Crippen molar-refractivity contribution in [3.05, 3.63) is 78.2 Å². The van der Waals surface area contributed by atoms with E-state index in [2.05, 4.69) is 20.5 Å². The van der Waals surface area contributed by atoms with Gasteiger partial charge in [-0.15, -0.1) is 0 Å². The lowest BCUT2D eigenvalue weighted by Gasteiger charge is -2.30. The lowest BCUT2D eigenvalue weighted by Crippen LogP contribution is -2.58. The molecule has 296 valence electrons. The normalized spacial score (nSPS) is 28.1. The number of nitrogens with one attached hydrogen (secondary N) is 3. The van der Waals surface area contributed by atoms with Gasteiger partial charge in [-0.3, -0.25) is 19.1 Å². The number of nitrogens with zero attached hydrogens (tertiary/aromatic N) is 2. The molecule has 15 heteroatoms. The van der Waals surface area contributed by atoms with Crippen molar-refractivity contribution in [1.29, 1.82) is 0 Å². The van der Waals surface area contributed by atoms with E-state index < -0.39 is 68.7 Å². The number of allylic oxidation sites excluding steroid dienone is 1. The monoisotopic (exact) mass is 785 g/mol. The van der Waals surface area contributed by atoms with Crippen molar-refractivity contribution in [2.75, 3.05) is 6.54 Å². The molecular formula is C41H47N5O9S. The van der Waals surface area contributed by atoms with Crippen molar-refractivity contribution < 1.29 is 41.6 Å². The Morgan fingerprint density at radius 1 is 0.929 bits per heavy atom. The van der Waals surface area contributed by atoms with E-state index in [-0.39, 0.29) is 25.5 Å². The Hall–Kier alpha value is -5.18. The average Bonchev–Trinajstić information content (AvgIpc) is 4.11. The first-order valence-electron chi connectivity index (χ1n) is 19.7. The highest BCUT2D eigenvalue weighted by Gasteiger charge is 2.62. The lowest BCUT2D eigenvalue weighted by molar-refractivity contribution is -0.141. The number of fused-ring (bicyclic) bond motifs is 3. The summed E-state index contributed by atoms with van der Waals surface area (Å²) >= 11 is 0. The zero-order valence-electron chi connectivity index (χ0n) is 31.1. The van der Waals surface area contributed by atoms with Crippen molar-refractivity contribution in [3.8, 4) is 11.3 Å². The third-order valence-corrected chi connectivity index (χ3v) is 13.3. The molecule has 5 atom stereocenters. The first-order valence-corrected chi connectivity index (χ1v) is 21.2. The van der Waals surface area contributed by atoms with Gasteiger partial charge in [0.25, 0.3) is 5.91 Å². The zero-order valence-corrected chi connectivity index (χ0v) is 31.9. The van der Waals surface area contributed by atoms with E-state index in [1.807, 2.05) is 66.7 Å². The number of ether oxygens (including phenoxy) is 1. The van der Waals surface area contributed by atoms with Crippen LogP contribution in [0.3, 0.4) is 0 Å². The molecule has 2 aromatic carbocycles. The number of hydrogen-bond donors (Lipinski definition) is 3. The van der Waals surface area contributed by atoms with Crippen LogP contribution in [-0.2, 0) is 34.0 Å². The first kappa shape index (κ1) is 37.7. The van der Waals surface area contributed by atoms with Crippen LogP contribution in [0.15, 0.2) is 82.4 Å². The van der Waals surface area contributed by atoms with Gasteiger partial charge >= 0.3 is 6.09 Å². The summed E-state index contributed by atoms with van der Waals surface area (Å²) < 4.78 is 39.7. The predicted molar refractivity (Wildman–Crippen MR) is 205 cm³/mol. The van der Waals surface area contributed by atoms with Crippen LogP contribution in [0.4, 0.5) is 4.79 Å². The molecule has 0 bridgehead atoms. The number of amides is 4. The molecule has 3 aromatic rings. The number of benzene rings is 2. The second kappa shape index (κ2) is 15.8. The minimum absolute atomic E-state index is 0.0274. The molecule has 14 nitrogen and oxygen atoms in total. The molecule has 3 N–H and O–H groups in total. The summed E-state index contributed by atoms with van der Waals surface area (Å²) in [7, 11) is -3.89. The summed E-state index contributed by atoms with van der Waals surface area (Å²) in [6.45, 7) is -0.0322. The standard InChI is InChI=1S/C41H47N5O9S/c47-37-34-22-29(55-44-33-23-36(26-12-5-4-6-13-26)54-35-19-10-9-17-31(33)35)25-46(34)38(48)32(42-40(50)53-28-15-11-16-28)18-8-3-1-2-7-14-27-24-41(27,43-37)39(49)45-56(51,52)30-20-21-30/h4-7,9-10,12-14,17,19,23,27-30,32,34H,1-3,8,11,15-16,18,20-22,24-25H2,(H,42,50)(H,43,47)(H,45,49)/b14-7-,44-33-/t27-,29-,32+,34+,41+/m1/s1. The van der Waals surface area contributed by atoms with Gasteiger partial charge in [-0.1, -0.05) is 72.6 Å². The van der Waals surface area contributed by atoms with Crippen LogP contribution in [0.5, 0.6) is 0 Å². The Bertz CT molecular complexity index is 2200. The topological polar surface area (TPSA) is 186 Å². The smallest absolute Gasteiger partial charge is 0.408 e. The maximum absolute atomic E-state index is 14.5. The van der Waals surface area contributed by atoms with E-state index in [0.29, 0.717) is 54.2 Å². The average molecular weight is 786 g/mol. The summed E-state index contributed by atoms with van der Waals surface area (Å²) in [5, 5.41) is 10.8. The summed E-state index contributed by atoms with van der Waals surface area (Å²) in [5.41, 5.74) is -0.0692. The lowest BCUT2D eigenvalue weighted by atomic mass is 9.96. The molecule has 2 aliphatic heterocycles. The summed E-state index contributed by atoms with van der Waals surface area (Å²) in [4.78, 5) is 63.1. The SMILES string of the molecule is O=C(N[C@H]1CCCCC/C=C\[C@@H]2C[C@]2(C(=O)NS(=O)(=O)C2CC2)NC(=O)[C@@H]2C[C@@H](O/N=c3/cc(-c4ccccc4)oc4ccccc34)CN2C1=O)OC1CCC1. The highest BCUT2D eigenvalue weighted by atomic mass is 32.2. The van der Waals surface area contributed by atoms with E-state index in [1.54, 1.807) is 6.07 Å². The number of carbonyl (C=O) groups is 4. The molecular weight excluding hydrogens is 739 g/mol. The summed E-state index contributed by atoms with van der Waals surface area (Å²) in [5.74, 6) is -1.75. The molecule has 0 spiro atoms. The first-order chi connectivity index (χ1) is 27.1. The zero-order chi connectivity index (χ0) is 38.9. The van der Waals surface area contributed by atoms with Crippen LogP contribution in [0.2, 0.25) is 0 Å². The third-order valence-electron chi connectivity index (χ3n) is 11.5. The minimum Gasteiger partial charge on any atom is -0.456 e. The van der Waals surface area contributed by atoms with Gasteiger partial charge in [0.2, 0.25) is 21.8 Å². The minimum atomic E-state index is -3.89. The van der Waals surface area contributed by atoms with E-state index in [0.717, 1.165) is 37.7 Å². The van der Waals surface area contributed by atoms with Gasteiger partial charge in [0, 0.05) is 29.4 Å². The van der Waals surface area contributed by atoms with Gasteiger partial charge < -0.3 is 29.5 Å². The Morgan fingerprint density at radius 2 is 1.71 bits per heavy atom. The maximum atomic E-state index is 14.5. The van der Waals surface area contributed by atoms with Crippen molar-refractivity contribution in [2.45, 2.75) is 112 Å². The molecule has 0 unspecified atom stereocenters. The van der Waals surface area contributed by atoms with Crippen molar-refractivity contribution in [2.24, 2.45) is 11.1 Å². The molecule has 0 radical (unpaired) electrons. The molecule has 8 rings (SSSR count). The van der Waals surface area contributed by atoms with Crippen LogP contribution in [-0.4, -0.2) is 78.8 Å². The molecule has 3 aliphatic carbocycles. The Labute approximate surface area is 325 Å². The van der Waals surface area contributed by atoms with Gasteiger partial charge in [-0.25, -0.2) is 13.2 Å². The van der Waals surface area contributed by atoms with Crippen LogP contribution in [0.25, 0.3) is 22.3 Å². The highest BCUT2D eigenvalue weighted by molar-refractivity contribution is 7.91. The molecule has 4 amide bonds. The molecule has 5 aliphatic rings. The fourth-order valence-electron chi connectivity index (χ4n) is 7.72. The number of para-hydroxylation sites is 1. The second-order valence-electron chi connectivity index (χ2n) is 15.6. The summed E-state index contributed by atoms with van der Waals surface area (Å²) in [6.07, 6.45) is 9.15. The Morgan fingerprint density at radius 3 is 2.48 bits per heavy atom. The second-order valence-corrected chi connectivity index (χ2v) is 17.5. The number of rotatable bonds is 8. The molecule has 56 heavy (non-hydrogen) atoms. The molecule has 4 fully saturated rings. The van der Waals surface area contributed by atoms with Crippen LogP contribution < -0.4 is 20.7 Å². The van der Waals surface area contributed by atoms with Gasteiger partial charge in [0.1, 0.15) is 46.5 Å². The number of sulfonamides is 1. The molecule has 3 heterocycles. The van der Waals surface area contributed by atoms with Crippen LogP contribution in [0.1, 0.15) is 77.0 Å². The van der Waals surface area contributed by atoms with Crippen molar-refractivity contribution in [3.63, 3.8) is 0 Å². The van der Waals surface area contributed by atoms with E-state index in [1.165, 1.54) is 4.90 Å². The van der Waals surface area contributed by atoms with Crippen LogP contribution in [0, 0.1) is 5.92 Å². The van der Waals surface area contributed by atoms with E-state index in [4.69, 9.17) is 14.0 Å². The number of alkyl carbamates (subject to hydrolysis) is 1. The number of carbonyl (C=O) groups excluding carboxylic acids is 4. The Kier molecular flexibility index (Phi) is 10.6. The van der Waals surface area contributed by atoms with Gasteiger partial charge in [-0.05, 0) is 69.9 Å². The van der Waals surface area contributed by atoms with E-state index in [9.17, 15) is 27.6 Å². The molecule has 3 saturated carbocycles. The third kappa shape index (κ3) is 8.18. The van der Waals surface area contributed by atoms with Gasteiger partial charge in [0.05, 0.1) is 11.8 Å².